The van der Waals surface area contributed by atoms with Crippen molar-refractivity contribution in [3.05, 3.63) is 0 Å². The first-order valence-electron chi connectivity index (χ1n) is 2.11. The Morgan fingerprint density at radius 2 is 0.700 bits per heavy atom. The van der Waals surface area contributed by atoms with E-state index < -0.39 is 0 Å². The maximum atomic E-state index is 8.68. The zero-order chi connectivity index (χ0) is 8.12. The van der Waals surface area contributed by atoms with Crippen LogP contribution < -0.4 is 0 Å². The standard InChI is InChI=1S/3C2H3O.Ni/c3*1-2-3;/h3*1H3;/q3*-1;+3. The van der Waals surface area contributed by atoms with Crippen LogP contribution in [-0.4, -0.2) is 18.9 Å². The summed E-state index contributed by atoms with van der Waals surface area (Å²) in [6.07, 6.45) is 4.50. The van der Waals surface area contributed by atoms with Crippen LogP contribution in [0.3, 0.4) is 0 Å². The number of rotatable bonds is 0. The average Bonchev–Trinajstić information content (AvgIpc) is 1.70. The van der Waals surface area contributed by atoms with Crippen molar-refractivity contribution < 1.29 is 30.9 Å². The maximum absolute atomic E-state index is 8.68. The van der Waals surface area contributed by atoms with Crippen LogP contribution in [0.15, 0.2) is 0 Å². The summed E-state index contributed by atoms with van der Waals surface area (Å²) in [7, 11) is 0. The normalized spacial score (nSPS) is 3.90. The van der Waals surface area contributed by atoms with E-state index in [2.05, 4.69) is 0 Å². The molecular weight excluding hydrogens is 179 g/mol. The van der Waals surface area contributed by atoms with Gasteiger partial charge in [0, 0.05) is 0 Å². The van der Waals surface area contributed by atoms with Gasteiger partial charge in [0.05, 0.1) is 0 Å². The average molecular weight is 188 g/mol. The summed E-state index contributed by atoms with van der Waals surface area (Å²) < 4.78 is 0. The van der Waals surface area contributed by atoms with Crippen molar-refractivity contribution >= 4 is 18.9 Å². The summed E-state index contributed by atoms with van der Waals surface area (Å²) in [4.78, 5) is 26.0. The summed E-state index contributed by atoms with van der Waals surface area (Å²) in [6.45, 7) is 3.96. The zero-order valence-corrected chi connectivity index (χ0v) is 7.03. The minimum atomic E-state index is 0. The molecule has 61 valence electrons. The Hall–Kier alpha value is -0.496. The predicted molar refractivity (Wildman–Crippen MR) is 34.1 cm³/mol. The number of carbonyl (C=O) groups excluding carboxylic acids is 3. The molecule has 0 aromatic heterocycles. The van der Waals surface area contributed by atoms with E-state index in [1.54, 1.807) is 0 Å². The van der Waals surface area contributed by atoms with E-state index in [0.717, 1.165) is 0 Å². The van der Waals surface area contributed by atoms with E-state index in [-0.39, 0.29) is 16.5 Å². The second-order valence-electron chi connectivity index (χ2n) is 0.612. The second kappa shape index (κ2) is 76.4. The first kappa shape index (κ1) is 22.7. The fraction of sp³-hybridized carbons (Fsp3) is 0.500. The molecule has 4 heteroatoms. The maximum Gasteiger partial charge on any atom is 3.00 e. The third kappa shape index (κ3) is 1290. The summed E-state index contributed by atoms with van der Waals surface area (Å²) >= 11 is 0. The minimum Gasteiger partial charge on any atom is -0.542 e. The third-order valence-electron chi connectivity index (χ3n) is 0. The number of hydrogen-bond donors (Lipinski definition) is 0. The smallest absolute Gasteiger partial charge is 0.542 e. The minimum absolute atomic E-state index is 0. The van der Waals surface area contributed by atoms with Crippen molar-refractivity contribution in [2.45, 2.75) is 20.8 Å². The Labute approximate surface area is 71.1 Å². The third-order valence-corrected chi connectivity index (χ3v) is 0. The van der Waals surface area contributed by atoms with E-state index in [9.17, 15) is 0 Å². The fourth-order valence-corrected chi connectivity index (χ4v) is 0. The van der Waals surface area contributed by atoms with Gasteiger partial charge in [0.15, 0.2) is 0 Å². The van der Waals surface area contributed by atoms with Crippen LogP contribution in [0, 0.1) is 0 Å². The summed E-state index contributed by atoms with van der Waals surface area (Å²) in [5.74, 6) is 0. The van der Waals surface area contributed by atoms with Crippen molar-refractivity contribution in [3.8, 4) is 0 Å². The molecule has 10 heavy (non-hydrogen) atoms. The van der Waals surface area contributed by atoms with Gasteiger partial charge >= 0.3 is 16.5 Å². The molecule has 0 aliphatic rings. The Kier molecular flexibility index (Phi) is 173. The van der Waals surface area contributed by atoms with Crippen molar-refractivity contribution in [2.75, 3.05) is 0 Å². The quantitative estimate of drug-likeness (QED) is 0.406. The molecule has 0 bridgehead atoms. The molecule has 0 saturated carbocycles. The molecule has 0 amide bonds. The van der Waals surface area contributed by atoms with Crippen LogP contribution in [0.5, 0.6) is 0 Å². The van der Waals surface area contributed by atoms with Crippen molar-refractivity contribution in [1.29, 1.82) is 0 Å². The van der Waals surface area contributed by atoms with Gasteiger partial charge in [0.1, 0.15) is 0 Å². The topological polar surface area (TPSA) is 51.2 Å². The molecule has 0 aromatic rings. The SMILES string of the molecule is C[C-]=O.C[C-]=O.C[C-]=O.[Ni+3]. The molecule has 0 unspecified atom stereocenters. The van der Waals surface area contributed by atoms with Crippen molar-refractivity contribution in [3.63, 3.8) is 0 Å². The van der Waals surface area contributed by atoms with Crippen LogP contribution in [0.2, 0.25) is 0 Å². The molecule has 0 aliphatic carbocycles. The summed E-state index contributed by atoms with van der Waals surface area (Å²) in [5, 5.41) is 0. The Balaban J connectivity index is -0.0000000257. The van der Waals surface area contributed by atoms with E-state index in [4.69, 9.17) is 14.4 Å². The molecule has 0 aliphatic heterocycles. The molecular formula is C6H9NiO3. The molecule has 0 fully saturated rings. The summed E-state index contributed by atoms with van der Waals surface area (Å²) in [5.41, 5.74) is 0. The fourth-order valence-electron chi connectivity index (χ4n) is 0. The molecule has 3 nitrogen and oxygen atoms in total. The van der Waals surface area contributed by atoms with Crippen LogP contribution in [0.25, 0.3) is 0 Å². The van der Waals surface area contributed by atoms with Crippen LogP contribution >= 0.6 is 0 Å². The molecule has 0 heterocycles. The number of hydrogen-bond acceptors (Lipinski definition) is 3. The van der Waals surface area contributed by atoms with Gasteiger partial charge in [0.25, 0.3) is 0 Å². The van der Waals surface area contributed by atoms with Crippen molar-refractivity contribution in [1.82, 2.24) is 0 Å². The first-order chi connectivity index (χ1) is 4.24. The first-order valence-corrected chi connectivity index (χ1v) is 2.11. The van der Waals surface area contributed by atoms with Crippen LogP contribution in [-0.2, 0) is 30.9 Å². The van der Waals surface area contributed by atoms with Gasteiger partial charge in [-0.1, -0.05) is 0 Å². The van der Waals surface area contributed by atoms with Gasteiger partial charge in [-0.25, -0.2) is 0 Å². The molecule has 0 atom stereocenters. The van der Waals surface area contributed by atoms with Gasteiger partial charge in [0.2, 0.25) is 0 Å². The molecule has 0 saturated heterocycles. The van der Waals surface area contributed by atoms with Crippen LogP contribution in [0.1, 0.15) is 20.8 Å². The molecule has 0 rings (SSSR count). The molecule has 1 radical (unpaired) electrons. The largest absolute Gasteiger partial charge is 3.00 e. The Morgan fingerprint density at radius 1 is 0.700 bits per heavy atom. The van der Waals surface area contributed by atoms with E-state index in [1.807, 2.05) is 0 Å². The van der Waals surface area contributed by atoms with Crippen LogP contribution in [0.4, 0.5) is 0 Å². The van der Waals surface area contributed by atoms with Crippen molar-refractivity contribution in [2.24, 2.45) is 0 Å². The van der Waals surface area contributed by atoms with E-state index >= 15 is 0 Å². The van der Waals surface area contributed by atoms with Gasteiger partial charge in [-0.3, -0.25) is 18.9 Å². The Bertz CT molecular complexity index is 49.7. The zero-order valence-electron chi connectivity index (χ0n) is 6.04. The molecule has 0 aromatic carbocycles. The monoisotopic (exact) mass is 187 g/mol. The molecule has 0 N–H and O–H groups in total. The molecule has 0 spiro atoms. The predicted octanol–water partition coefficient (Wildman–Crippen LogP) is 0.346. The van der Waals surface area contributed by atoms with Gasteiger partial charge in [-0.15, -0.1) is 0 Å². The summed E-state index contributed by atoms with van der Waals surface area (Å²) in [6, 6.07) is 0. The van der Waals surface area contributed by atoms with E-state index in [1.165, 1.54) is 39.6 Å². The van der Waals surface area contributed by atoms with Gasteiger partial charge < -0.3 is 14.4 Å². The van der Waals surface area contributed by atoms with E-state index in [0.29, 0.717) is 0 Å². The second-order valence-corrected chi connectivity index (χ2v) is 0.612. The van der Waals surface area contributed by atoms with Gasteiger partial charge in [-0.2, -0.15) is 20.8 Å². The Morgan fingerprint density at radius 3 is 0.700 bits per heavy atom. The van der Waals surface area contributed by atoms with Gasteiger partial charge in [-0.05, 0) is 0 Å².